The van der Waals surface area contributed by atoms with Crippen molar-refractivity contribution in [2.75, 3.05) is 11.5 Å². The monoisotopic (exact) mass is 203 g/mol. The molecule has 0 saturated heterocycles. The third kappa shape index (κ3) is 7.39. The summed E-state index contributed by atoms with van der Waals surface area (Å²) < 4.78 is 0. The molecule has 0 heterocycles. The van der Waals surface area contributed by atoms with Gasteiger partial charge in [-0.3, -0.25) is 0 Å². The fourth-order valence-corrected chi connectivity index (χ4v) is 1.94. The minimum atomic E-state index is 0.640. The van der Waals surface area contributed by atoms with Crippen LogP contribution in [0.25, 0.3) is 0 Å². The molecule has 0 aliphatic rings. The average molecular weight is 203 g/mol. The Morgan fingerprint density at radius 3 is 2.23 bits per heavy atom. The van der Waals surface area contributed by atoms with Crippen LogP contribution in [0.2, 0.25) is 0 Å². The van der Waals surface area contributed by atoms with E-state index >= 15 is 0 Å². The molecule has 0 aromatic rings. The molecule has 0 bridgehead atoms. The van der Waals surface area contributed by atoms with E-state index in [0.717, 1.165) is 5.92 Å². The topological polar surface area (TPSA) is 12.0 Å². The molecule has 80 valence electrons. The Morgan fingerprint density at radius 1 is 1.15 bits per heavy atom. The normalized spacial score (nSPS) is 16.2. The molecule has 2 heteroatoms. The van der Waals surface area contributed by atoms with Crippen molar-refractivity contribution in [2.24, 2.45) is 5.92 Å². The summed E-state index contributed by atoms with van der Waals surface area (Å²) in [4.78, 5) is 0. The first-order valence-corrected chi connectivity index (χ1v) is 6.57. The van der Waals surface area contributed by atoms with E-state index < -0.39 is 0 Å². The van der Waals surface area contributed by atoms with E-state index in [1.54, 1.807) is 0 Å². The molecule has 0 rings (SSSR count). The summed E-state index contributed by atoms with van der Waals surface area (Å²) in [5.41, 5.74) is 0. The molecular formula is C11H25NS. The van der Waals surface area contributed by atoms with Crippen LogP contribution in [0.15, 0.2) is 0 Å². The molecule has 0 radical (unpaired) electrons. The van der Waals surface area contributed by atoms with Crippen LogP contribution < -0.4 is 5.32 Å². The Morgan fingerprint density at radius 2 is 1.77 bits per heavy atom. The third-order valence-electron chi connectivity index (χ3n) is 2.45. The van der Waals surface area contributed by atoms with Crippen molar-refractivity contribution in [3.05, 3.63) is 0 Å². The van der Waals surface area contributed by atoms with Gasteiger partial charge in [-0.2, -0.15) is 11.8 Å². The SMILES string of the molecule is CCSCCC(C)NC(C)C(C)C. The number of hydrogen-bond donors (Lipinski definition) is 1. The van der Waals surface area contributed by atoms with Crippen molar-refractivity contribution in [1.82, 2.24) is 5.32 Å². The molecule has 0 saturated carbocycles. The van der Waals surface area contributed by atoms with Crippen molar-refractivity contribution in [3.8, 4) is 0 Å². The van der Waals surface area contributed by atoms with Crippen LogP contribution in [0, 0.1) is 5.92 Å². The van der Waals surface area contributed by atoms with Crippen LogP contribution in [0.5, 0.6) is 0 Å². The lowest BCUT2D eigenvalue weighted by Gasteiger charge is -2.22. The second kappa shape index (κ2) is 7.69. The molecule has 0 aromatic carbocycles. The minimum Gasteiger partial charge on any atom is -0.311 e. The molecule has 1 N–H and O–H groups in total. The number of thioether (sulfide) groups is 1. The second-order valence-electron chi connectivity index (χ2n) is 4.09. The Kier molecular flexibility index (Phi) is 7.87. The zero-order chi connectivity index (χ0) is 10.3. The molecular weight excluding hydrogens is 178 g/mol. The highest BCUT2D eigenvalue weighted by Gasteiger charge is 2.09. The molecule has 2 unspecified atom stereocenters. The maximum atomic E-state index is 3.62. The van der Waals surface area contributed by atoms with Crippen LogP contribution >= 0.6 is 11.8 Å². The van der Waals surface area contributed by atoms with E-state index in [9.17, 15) is 0 Å². The quantitative estimate of drug-likeness (QED) is 0.638. The molecule has 13 heavy (non-hydrogen) atoms. The van der Waals surface area contributed by atoms with E-state index in [1.807, 2.05) is 11.8 Å². The van der Waals surface area contributed by atoms with Crippen molar-refractivity contribution in [2.45, 2.75) is 53.1 Å². The summed E-state index contributed by atoms with van der Waals surface area (Å²) in [7, 11) is 0. The van der Waals surface area contributed by atoms with Gasteiger partial charge in [-0.25, -0.2) is 0 Å². The molecule has 0 spiro atoms. The summed E-state index contributed by atoms with van der Waals surface area (Å²) in [6.07, 6.45) is 1.29. The predicted octanol–water partition coefficient (Wildman–Crippen LogP) is 3.15. The first-order valence-electron chi connectivity index (χ1n) is 5.41. The second-order valence-corrected chi connectivity index (χ2v) is 5.48. The van der Waals surface area contributed by atoms with Crippen molar-refractivity contribution >= 4 is 11.8 Å². The van der Waals surface area contributed by atoms with Gasteiger partial charge >= 0.3 is 0 Å². The van der Waals surface area contributed by atoms with E-state index in [1.165, 1.54) is 17.9 Å². The van der Waals surface area contributed by atoms with Gasteiger partial charge in [0.2, 0.25) is 0 Å². The zero-order valence-corrected chi connectivity index (χ0v) is 10.6. The van der Waals surface area contributed by atoms with E-state index in [4.69, 9.17) is 0 Å². The summed E-state index contributed by atoms with van der Waals surface area (Å²) in [6, 6.07) is 1.30. The van der Waals surface area contributed by atoms with Gasteiger partial charge in [-0.05, 0) is 37.7 Å². The van der Waals surface area contributed by atoms with Gasteiger partial charge in [0.15, 0.2) is 0 Å². The molecule has 2 atom stereocenters. The zero-order valence-electron chi connectivity index (χ0n) is 9.76. The van der Waals surface area contributed by atoms with Gasteiger partial charge < -0.3 is 5.32 Å². The van der Waals surface area contributed by atoms with Gasteiger partial charge in [0.1, 0.15) is 0 Å². The minimum absolute atomic E-state index is 0.640. The molecule has 1 nitrogen and oxygen atoms in total. The molecule has 0 aliphatic heterocycles. The Balaban J connectivity index is 3.43. The highest BCUT2D eigenvalue weighted by atomic mass is 32.2. The van der Waals surface area contributed by atoms with E-state index in [2.05, 4.69) is 39.9 Å². The highest BCUT2D eigenvalue weighted by molar-refractivity contribution is 7.99. The first kappa shape index (κ1) is 13.3. The standard InChI is InChI=1S/C11H25NS/c1-6-13-8-7-10(4)12-11(5)9(2)3/h9-12H,6-8H2,1-5H3. The number of rotatable bonds is 7. The predicted molar refractivity (Wildman–Crippen MR) is 64.5 cm³/mol. The fraction of sp³-hybridized carbons (Fsp3) is 1.00. The number of nitrogens with one attached hydrogen (secondary N) is 1. The van der Waals surface area contributed by atoms with Crippen LogP contribution in [0.4, 0.5) is 0 Å². The lowest BCUT2D eigenvalue weighted by molar-refractivity contribution is 0.380. The lowest BCUT2D eigenvalue weighted by atomic mass is 10.1. The van der Waals surface area contributed by atoms with Gasteiger partial charge in [-0.1, -0.05) is 20.8 Å². The Hall–Kier alpha value is 0.310. The molecule has 0 fully saturated rings. The van der Waals surface area contributed by atoms with Crippen LogP contribution in [0.1, 0.15) is 41.0 Å². The smallest absolute Gasteiger partial charge is 0.00642 e. The molecule has 0 aliphatic carbocycles. The van der Waals surface area contributed by atoms with Crippen LogP contribution in [-0.2, 0) is 0 Å². The largest absolute Gasteiger partial charge is 0.311 e. The van der Waals surface area contributed by atoms with Crippen molar-refractivity contribution in [3.63, 3.8) is 0 Å². The Labute approximate surface area is 88.1 Å². The first-order chi connectivity index (χ1) is 6.07. The van der Waals surface area contributed by atoms with Crippen LogP contribution in [0.3, 0.4) is 0 Å². The van der Waals surface area contributed by atoms with Gasteiger partial charge in [0, 0.05) is 12.1 Å². The summed E-state index contributed by atoms with van der Waals surface area (Å²) in [6.45, 7) is 11.3. The molecule has 0 amide bonds. The maximum absolute atomic E-state index is 3.62. The Bertz CT molecular complexity index is 115. The average Bonchev–Trinajstić information content (AvgIpc) is 2.04. The number of hydrogen-bond acceptors (Lipinski definition) is 2. The van der Waals surface area contributed by atoms with E-state index in [0.29, 0.717) is 12.1 Å². The van der Waals surface area contributed by atoms with Gasteiger partial charge in [-0.15, -0.1) is 0 Å². The summed E-state index contributed by atoms with van der Waals surface area (Å²) in [5.74, 6) is 3.27. The van der Waals surface area contributed by atoms with Crippen molar-refractivity contribution < 1.29 is 0 Å². The summed E-state index contributed by atoms with van der Waals surface area (Å²) >= 11 is 2.03. The third-order valence-corrected chi connectivity index (χ3v) is 3.38. The van der Waals surface area contributed by atoms with Gasteiger partial charge in [0.05, 0.1) is 0 Å². The lowest BCUT2D eigenvalue weighted by Crippen LogP contribution is -2.38. The molecule has 0 aromatic heterocycles. The van der Waals surface area contributed by atoms with Gasteiger partial charge in [0.25, 0.3) is 0 Å². The van der Waals surface area contributed by atoms with Crippen LogP contribution in [-0.4, -0.2) is 23.6 Å². The highest BCUT2D eigenvalue weighted by Crippen LogP contribution is 2.06. The summed E-state index contributed by atoms with van der Waals surface area (Å²) in [5, 5.41) is 3.62. The maximum Gasteiger partial charge on any atom is 0.00642 e. The van der Waals surface area contributed by atoms with E-state index in [-0.39, 0.29) is 0 Å². The fourth-order valence-electron chi connectivity index (χ4n) is 1.13. The van der Waals surface area contributed by atoms with Crippen molar-refractivity contribution in [1.29, 1.82) is 0 Å².